The first-order chi connectivity index (χ1) is 5.20. The lowest BCUT2D eigenvalue weighted by Crippen LogP contribution is -2.12. The fourth-order valence-corrected chi connectivity index (χ4v) is 1.76. The summed E-state index contributed by atoms with van der Waals surface area (Å²) in [5.74, 6) is 0.765. The molecule has 1 rings (SSSR count). The van der Waals surface area contributed by atoms with E-state index in [-0.39, 0.29) is 6.10 Å². The van der Waals surface area contributed by atoms with Crippen molar-refractivity contribution < 1.29 is 5.11 Å². The Kier molecular flexibility index (Phi) is 3.13. The Morgan fingerprint density at radius 1 is 1.55 bits per heavy atom. The first-order valence-electron chi connectivity index (χ1n) is 4.53. The Morgan fingerprint density at radius 3 is 2.55 bits per heavy atom. The van der Waals surface area contributed by atoms with Crippen LogP contribution in [0.15, 0.2) is 12.2 Å². The molecule has 1 atom stereocenters. The van der Waals surface area contributed by atoms with Crippen molar-refractivity contribution in [3.8, 4) is 0 Å². The first kappa shape index (κ1) is 8.79. The lowest BCUT2D eigenvalue weighted by Gasteiger charge is -2.14. The summed E-state index contributed by atoms with van der Waals surface area (Å²) in [5.41, 5.74) is 0.914. The highest BCUT2D eigenvalue weighted by atomic mass is 16.3. The Morgan fingerprint density at radius 2 is 2.09 bits per heavy atom. The first-order valence-corrected chi connectivity index (χ1v) is 4.53. The highest BCUT2D eigenvalue weighted by molar-refractivity contribution is 4.97. The quantitative estimate of drug-likeness (QED) is 0.619. The predicted octanol–water partition coefficient (Wildman–Crippen LogP) is 2.50. The molecule has 1 fully saturated rings. The summed E-state index contributed by atoms with van der Waals surface area (Å²) in [6.45, 7) is 5.65. The van der Waals surface area contributed by atoms with Gasteiger partial charge in [-0.15, -0.1) is 0 Å². The fraction of sp³-hybridized carbons (Fsp3) is 0.800. The van der Waals surface area contributed by atoms with Crippen molar-refractivity contribution in [3.63, 3.8) is 0 Å². The van der Waals surface area contributed by atoms with Crippen molar-refractivity contribution in [2.24, 2.45) is 5.92 Å². The van der Waals surface area contributed by atoms with Gasteiger partial charge in [0, 0.05) is 0 Å². The van der Waals surface area contributed by atoms with Crippen LogP contribution in [0.3, 0.4) is 0 Å². The third-order valence-electron chi connectivity index (χ3n) is 2.60. The Balaban J connectivity index is 2.23. The molecular formula is C10H18O. The zero-order valence-corrected chi connectivity index (χ0v) is 7.34. The highest BCUT2D eigenvalue weighted by Gasteiger charge is 2.18. The van der Waals surface area contributed by atoms with Crippen LogP contribution in [0, 0.1) is 5.92 Å². The third-order valence-corrected chi connectivity index (χ3v) is 2.60. The molecule has 0 aliphatic heterocycles. The van der Waals surface area contributed by atoms with E-state index >= 15 is 0 Å². The molecule has 1 aliphatic carbocycles. The van der Waals surface area contributed by atoms with Crippen molar-refractivity contribution in [1.29, 1.82) is 0 Å². The normalized spacial score (nSPS) is 22.0. The van der Waals surface area contributed by atoms with Crippen LogP contribution < -0.4 is 0 Å². The maximum atomic E-state index is 9.49. The maximum absolute atomic E-state index is 9.49. The van der Waals surface area contributed by atoms with Gasteiger partial charge in [-0.3, -0.25) is 0 Å². The number of rotatable bonds is 3. The molecule has 1 heteroatoms. The predicted molar refractivity (Wildman–Crippen MR) is 47.4 cm³/mol. The number of aliphatic hydroxyl groups excluding tert-OH is 1. The van der Waals surface area contributed by atoms with Gasteiger partial charge in [0.15, 0.2) is 0 Å². The van der Waals surface area contributed by atoms with E-state index < -0.39 is 0 Å². The van der Waals surface area contributed by atoms with Crippen LogP contribution in [0.25, 0.3) is 0 Å². The van der Waals surface area contributed by atoms with E-state index in [4.69, 9.17) is 0 Å². The summed E-state index contributed by atoms with van der Waals surface area (Å²) in [6, 6.07) is 0. The van der Waals surface area contributed by atoms with Crippen LogP contribution in [-0.2, 0) is 0 Å². The molecular weight excluding hydrogens is 136 g/mol. The Bertz CT molecular complexity index is 134. The minimum atomic E-state index is -0.252. The second kappa shape index (κ2) is 3.91. The van der Waals surface area contributed by atoms with Crippen LogP contribution in [0.2, 0.25) is 0 Å². The van der Waals surface area contributed by atoms with E-state index in [0.29, 0.717) is 0 Å². The van der Waals surface area contributed by atoms with Crippen molar-refractivity contribution in [3.05, 3.63) is 12.2 Å². The van der Waals surface area contributed by atoms with Crippen LogP contribution >= 0.6 is 0 Å². The van der Waals surface area contributed by atoms with Gasteiger partial charge in [-0.2, -0.15) is 0 Å². The number of hydrogen-bond donors (Lipinski definition) is 1. The summed E-state index contributed by atoms with van der Waals surface area (Å²) in [6.07, 6.45) is 6.02. The van der Waals surface area contributed by atoms with Gasteiger partial charge in [0.1, 0.15) is 0 Å². The van der Waals surface area contributed by atoms with Gasteiger partial charge in [-0.1, -0.05) is 37.8 Å². The molecule has 1 N–H and O–H groups in total. The summed E-state index contributed by atoms with van der Waals surface area (Å²) < 4.78 is 0. The van der Waals surface area contributed by atoms with Gasteiger partial charge in [0.25, 0.3) is 0 Å². The number of aliphatic hydroxyl groups is 1. The van der Waals surface area contributed by atoms with Gasteiger partial charge < -0.3 is 5.11 Å². The lowest BCUT2D eigenvalue weighted by atomic mass is 9.97. The van der Waals surface area contributed by atoms with Crippen molar-refractivity contribution >= 4 is 0 Å². The molecule has 1 nitrogen and oxygen atoms in total. The van der Waals surface area contributed by atoms with E-state index in [1.807, 2.05) is 6.92 Å². The molecule has 1 unspecified atom stereocenters. The summed E-state index contributed by atoms with van der Waals surface area (Å²) in [7, 11) is 0. The van der Waals surface area contributed by atoms with Crippen molar-refractivity contribution in [2.45, 2.75) is 45.1 Å². The second-order valence-corrected chi connectivity index (χ2v) is 3.75. The van der Waals surface area contributed by atoms with E-state index in [1.165, 1.54) is 25.7 Å². The molecule has 0 radical (unpaired) electrons. The molecule has 0 bridgehead atoms. The average Bonchev–Trinajstić information content (AvgIpc) is 2.39. The van der Waals surface area contributed by atoms with Gasteiger partial charge in [0.05, 0.1) is 6.10 Å². The standard InChI is InChI=1S/C10H18O/c1-8(2)10(11)7-9-5-3-4-6-9/h9-11H,1,3-7H2,2H3. The zero-order valence-electron chi connectivity index (χ0n) is 7.34. The maximum Gasteiger partial charge on any atom is 0.0747 e. The Labute approximate surface area is 69.1 Å². The van der Waals surface area contributed by atoms with Crippen LogP contribution in [0.5, 0.6) is 0 Å². The van der Waals surface area contributed by atoms with E-state index in [1.54, 1.807) is 0 Å². The fourth-order valence-electron chi connectivity index (χ4n) is 1.76. The van der Waals surface area contributed by atoms with E-state index in [2.05, 4.69) is 6.58 Å². The van der Waals surface area contributed by atoms with Gasteiger partial charge in [-0.25, -0.2) is 0 Å². The second-order valence-electron chi connectivity index (χ2n) is 3.75. The Hall–Kier alpha value is -0.300. The molecule has 0 saturated heterocycles. The smallest absolute Gasteiger partial charge is 0.0747 e. The molecule has 1 aliphatic rings. The summed E-state index contributed by atoms with van der Waals surface area (Å²) in [4.78, 5) is 0. The van der Waals surface area contributed by atoms with Crippen molar-refractivity contribution in [2.75, 3.05) is 0 Å². The third kappa shape index (κ3) is 2.66. The largest absolute Gasteiger partial charge is 0.389 e. The highest BCUT2D eigenvalue weighted by Crippen LogP contribution is 2.29. The zero-order chi connectivity index (χ0) is 8.27. The lowest BCUT2D eigenvalue weighted by molar-refractivity contribution is 0.177. The van der Waals surface area contributed by atoms with Crippen LogP contribution in [0.1, 0.15) is 39.0 Å². The van der Waals surface area contributed by atoms with Gasteiger partial charge >= 0.3 is 0 Å². The average molecular weight is 154 g/mol. The molecule has 0 aromatic rings. The van der Waals surface area contributed by atoms with E-state index in [0.717, 1.165) is 17.9 Å². The summed E-state index contributed by atoms with van der Waals surface area (Å²) >= 11 is 0. The van der Waals surface area contributed by atoms with Gasteiger partial charge in [-0.05, 0) is 19.3 Å². The SMILES string of the molecule is C=C(C)C(O)CC1CCCC1. The van der Waals surface area contributed by atoms with Crippen molar-refractivity contribution in [1.82, 2.24) is 0 Å². The molecule has 0 heterocycles. The molecule has 64 valence electrons. The monoisotopic (exact) mass is 154 g/mol. The number of hydrogen-bond acceptors (Lipinski definition) is 1. The van der Waals surface area contributed by atoms with Crippen LogP contribution in [0.4, 0.5) is 0 Å². The molecule has 0 aromatic carbocycles. The molecule has 0 spiro atoms. The van der Waals surface area contributed by atoms with Gasteiger partial charge in [0.2, 0.25) is 0 Å². The van der Waals surface area contributed by atoms with E-state index in [9.17, 15) is 5.11 Å². The minimum absolute atomic E-state index is 0.252. The molecule has 0 aromatic heterocycles. The summed E-state index contributed by atoms with van der Waals surface area (Å²) in [5, 5.41) is 9.49. The topological polar surface area (TPSA) is 20.2 Å². The molecule has 1 saturated carbocycles. The van der Waals surface area contributed by atoms with Crippen LogP contribution in [-0.4, -0.2) is 11.2 Å². The minimum Gasteiger partial charge on any atom is -0.389 e. The molecule has 11 heavy (non-hydrogen) atoms. The molecule has 0 amide bonds.